The molecule has 0 aliphatic carbocycles. The second-order valence-corrected chi connectivity index (χ2v) is 7.10. The average molecular weight is 491 g/mol. The third-order valence-electron chi connectivity index (χ3n) is 3.68. The second-order valence-electron chi connectivity index (χ2n) is 5.45. The number of hydrogen-bond acceptors (Lipinski definition) is 5. The zero-order chi connectivity index (χ0) is 19.4. The van der Waals surface area contributed by atoms with E-state index in [2.05, 4.69) is 47.4 Å². The summed E-state index contributed by atoms with van der Waals surface area (Å²) in [7, 11) is 0. The minimum Gasteiger partial charge on any atom is -0.506 e. The number of aromatic hydroxyl groups is 2. The molecule has 2 aromatic carbocycles. The molecule has 0 saturated heterocycles. The molecule has 0 fully saturated rings. The van der Waals surface area contributed by atoms with Gasteiger partial charge in [-0.3, -0.25) is 9.78 Å². The Bertz CT molecular complexity index is 1010. The first-order valence-corrected chi connectivity index (χ1v) is 9.30. The minimum absolute atomic E-state index is 0.123. The van der Waals surface area contributed by atoms with E-state index in [0.29, 0.717) is 15.6 Å². The van der Waals surface area contributed by atoms with Crippen molar-refractivity contribution in [3.05, 3.63) is 74.8 Å². The van der Waals surface area contributed by atoms with E-state index >= 15 is 0 Å². The summed E-state index contributed by atoms with van der Waals surface area (Å²) in [4.78, 5) is 16.5. The largest absolute Gasteiger partial charge is 0.506 e. The number of rotatable bonds is 4. The molecule has 0 unspecified atom stereocenters. The fourth-order valence-electron chi connectivity index (χ4n) is 2.27. The van der Waals surface area contributed by atoms with E-state index in [1.165, 1.54) is 12.3 Å². The number of carbonyl (C=O) groups excluding carboxylic acids is 1. The Labute approximate surface area is 171 Å². The first-order chi connectivity index (χ1) is 13.0. The molecule has 0 aliphatic heterocycles. The van der Waals surface area contributed by atoms with Gasteiger partial charge >= 0.3 is 0 Å². The topological polar surface area (TPSA) is 94.8 Å². The van der Waals surface area contributed by atoms with E-state index in [1.807, 2.05) is 18.2 Å². The highest BCUT2D eigenvalue weighted by atomic mass is 79.9. The van der Waals surface area contributed by atoms with Gasteiger partial charge in [0.05, 0.1) is 16.4 Å². The van der Waals surface area contributed by atoms with Gasteiger partial charge < -0.3 is 10.2 Å². The van der Waals surface area contributed by atoms with Crippen molar-refractivity contribution in [1.82, 2.24) is 10.4 Å². The van der Waals surface area contributed by atoms with Crippen molar-refractivity contribution < 1.29 is 15.0 Å². The van der Waals surface area contributed by atoms with Crippen LogP contribution in [-0.2, 0) is 0 Å². The van der Waals surface area contributed by atoms with Crippen molar-refractivity contribution in [3.8, 4) is 22.8 Å². The summed E-state index contributed by atoms with van der Waals surface area (Å²) in [6.07, 6.45) is 2.99. The van der Waals surface area contributed by atoms with Gasteiger partial charge in [-0.05, 0) is 62.2 Å². The minimum atomic E-state index is -0.393. The molecule has 27 heavy (non-hydrogen) atoms. The monoisotopic (exact) mass is 489 g/mol. The average Bonchev–Trinajstić information content (AvgIpc) is 2.71. The van der Waals surface area contributed by atoms with Crippen LogP contribution in [0.3, 0.4) is 0 Å². The normalized spacial score (nSPS) is 10.9. The molecule has 8 heteroatoms. The molecular weight excluding hydrogens is 478 g/mol. The molecule has 1 heterocycles. The van der Waals surface area contributed by atoms with E-state index in [4.69, 9.17) is 0 Å². The summed E-state index contributed by atoms with van der Waals surface area (Å²) in [5, 5.41) is 23.5. The summed E-state index contributed by atoms with van der Waals surface area (Å²) in [6.45, 7) is 0. The van der Waals surface area contributed by atoms with Gasteiger partial charge in [-0.15, -0.1) is 0 Å². The van der Waals surface area contributed by atoms with Gasteiger partial charge in [-0.25, -0.2) is 5.43 Å². The van der Waals surface area contributed by atoms with Crippen LogP contribution in [0, 0.1) is 0 Å². The van der Waals surface area contributed by atoms with Crippen LogP contribution < -0.4 is 5.43 Å². The molecule has 0 spiro atoms. The van der Waals surface area contributed by atoms with Crippen LogP contribution in [0.25, 0.3) is 11.3 Å². The van der Waals surface area contributed by atoms with Crippen molar-refractivity contribution in [2.24, 2.45) is 5.10 Å². The molecule has 6 nitrogen and oxygen atoms in total. The van der Waals surface area contributed by atoms with Crippen molar-refractivity contribution in [1.29, 1.82) is 0 Å². The molecule has 1 aromatic heterocycles. The SMILES string of the molecule is O=C(N/N=C/c1cc(Br)c(O)c(Br)c1O)c1ccc(-c2ccccn2)cc1. The second kappa shape index (κ2) is 8.32. The molecule has 3 N–H and O–H groups in total. The number of hydrogen-bond donors (Lipinski definition) is 3. The molecular formula is C19H13Br2N3O3. The van der Waals surface area contributed by atoms with Gasteiger partial charge in [-0.1, -0.05) is 18.2 Å². The third-order valence-corrected chi connectivity index (χ3v) is 5.03. The number of benzene rings is 2. The third kappa shape index (κ3) is 4.35. The Morgan fingerprint density at radius 2 is 1.81 bits per heavy atom. The number of halogens is 2. The zero-order valence-corrected chi connectivity index (χ0v) is 16.9. The van der Waals surface area contributed by atoms with Gasteiger partial charge in [0, 0.05) is 22.9 Å². The lowest BCUT2D eigenvalue weighted by Crippen LogP contribution is -2.17. The Morgan fingerprint density at radius 3 is 2.48 bits per heavy atom. The molecule has 0 saturated carbocycles. The van der Waals surface area contributed by atoms with Gasteiger partial charge in [0.2, 0.25) is 0 Å². The van der Waals surface area contributed by atoms with E-state index in [9.17, 15) is 15.0 Å². The summed E-state index contributed by atoms with van der Waals surface area (Å²) in [5.74, 6) is -0.703. The molecule has 0 radical (unpaired) electrons. The summed E-state index contributed by atoms with van der Waals surface area (Å²) in [6, 6.07) is 14.1. The molecule has 0 bridgehead atoms. The van der Waals surface area contributed by atoms with Gasteiger partial charge in [0.1, 0.15) is 16.0 Å². The maximum absolute atomic E-state index is 12.2. The highest BCUT2D eigenvalue weighted by Crippen LogP contribution is 2.40. The lowest BCUT2D eigenvalue weighted by Gasteiger charge is -2.06. The van der Waals surface area contributed by atoms with Crippen molar-refractivity contribution in [2.45, 2.75) is 0 Å². The maximum atomic E-state index is 12.2. The Balaban J connectivity index is 1.70. The smallest absolute Gasteiger partial charge is 0.271 e. The van der Waals surface area contributed by atoms with Crippen LogP contribution in [0.15, 0.2) is 68.8 Å². The van der Waals surface area contributed by atoms with E-state index in [1.54, 1.807) is 30.5 Å². The van der Waals surface area contributed by atoms with Crippen molar-refractivity contribution in [3.63, 3.8) is 0 Å². The number of pyridine rings is 1. The molecule has 1 amide bonds. The number of amides is 1. The van der Waals surface area contributed by atoms with E-state index in [0.717, 1.165) is 11.3 Å². The van der Waals surface area contributed by atoms with Crippen LogP contribution in [0.1, 0.15) is 15.9 Å². The number of nitrogens with one attached hydrogen (secondary N) is 1. The first-order valence-electron chi connectivity index (χ1n) is 7.72. The summed E-state index contributed by atoms with van der Waals surface area (Å²) < 4.78 is 0.514. The molecule has 136 valence electrons. The molecule has 0 atom stereocenters. The Hall–Kier alpha value is -2.71. The summed E-state index contributed by atoms with van der Waals surface area (Å²) in [5.41, 5.74) is 4.87. The fourth-order valence-corrected chi connectivity index (χ4v) is 3.42. The van der Waals surface area contributed by atoms with E-state index < -0.39 is 5.91 Å². The fraction of sp³-hybridized carbons (Fsp3) is 0. The zero-order valence-electron chi connectivity index (χ0n) is 13.7. The lowest BCUT2D eigenvalue weighted by atomic mass is 10.1. The predicted octanol–water partition coefficient (Wildman–Crippen LogP) is 4.45. The Kier molecular flexibility index (Phi) is 5.88. The highest BCUT2D eigenvalue weighted by Gasteiger charge is 2.13. The first kappa shape index (κ1) is 19.1. The number of phenolic OH excluding ortho intramolecular Hbond substituents is 2. The van der Waals surface area contributed by atoms with Crippen LogP contribution in [0.4, 0.5) is 0 Å². The van der Waals surface area contributed by atoms with Gasteiger partial charge in [0.25, 0.3) is 5.91 Å². The number of hydrazone groups is 1. The molecule has 0 aliphatic rings. The van der Waals surface area contributed by atoms with Crippen LogP contribution in [0.5, 0.6) is 11.5 Å². The van der Waals surface area contributed by atoms with Gasteiger partial charge in [0.15, 0.2) is 0 Å². The number of aromatic nitrogens is 1. The van der Waals surface area contributed by atoms with Crippen molar-refractivity contribution >= 4 is 44.0 Å². The number of nitrogens with zero attached hydrogens (tertiary/aromatic N) is 2. The van der Waals surface area contributed by atoms with Crippen LogP contribution in [-0.4, -0.2) is 27.3 Å². The van der Waals surface area contributed by atoms with E-state index in [-0.39, 0.29) is 16.0 Å². The Morgan fingerprint density at radius 1 is 1.07 bits per heavy atom. The van der Waals surface area contributed by atoms with Gasteiger partial charge in [-0.2, -0.15) is 5.10 Å². The molecule has 3 rings (SSSR count). The predicted molar refractivity (Wildman–Crippen MR) is 110 cm³/mol. The number of phenols is 2. The number of carbonyl (C=O) groups is 1. The highest BCUT2D eigenvalue weighted by molar-refractivity contribution is 9.11. The maximum Gasteiger partial charge on any atom is 0.271 e. The van der Waals surface area contributed by atoms with Crippen LogP contribution >= 0.6 is 31.9 Å². The lowest BCUT2D eigenvalue weighted by molar-refractivity contribution is 0.0955. The van der Waals surface area contributed by atoms with Crippen molar-refractivity contribution in [2.75, 3.05) is 0 Å². The van der Waals surface area contributed by atoms with Crippen LogP contribution in [0.2, 0.25) is 0 Å². The standard InChI is InChI=1S/C19H13Br2N3O3/c20-14-9-13(17(25)16(21)18(14)26)10-23-24-19(27)12-6-4-11(5-7-12)15-3-1-2-8-22-15/h1-10,25-26H,(H,24,27)/b23-10+. The quantitative estimate of drug-likeness (QED) is 0.372. The summed E-state index contributed by atoms with van der Waals surface area (Å²) >= 11 is 6.25. The molecule has 3 aromatic rings.